The predicted octanol–water partition coefficient (Wildman–Crippen LogP) is 1.27. The van der Waals surface area contributed by atoms with Crippen molar-refractivity contribution in [1.82, 2.24) is 0 Å². The molecule has 3 heteroatoms. The van der Waals surface area contributed by atoms with Gasteiger partial charge in [-0.25, -0.2) is 0 Å². The topological polar surface area (TPSA) is 20.2 Å². The first kappa shape index (κ1) is 15.9. The van der Waals surface area contributed by atoms with Crippen LogP contribution in [0.2, 0.25) is 0 Å². The molecule has 0 aromatic rings. The Morgan fingerprint density at radius 2 is 1.71 bits per heavy atom. The Hall–Kier alpha value is -0.356. The van der Waals surface area contributed by atoms with Gasteiger partial charge in [0.05, 0.1) is 0 Å². The van der Waals surface area contributed by atoms with E-state index in [0.29, 0.717) is 0 Å². The Labute approximate surface area is 63.3 Å². The number of aliphatic hydroxyl groups is 1. The summed E-state index contributed by atoms with van der Waals surface area (Å²) in [5, 5.41) is 8.17. The summed E-state index contributed by atoms with van der Waals surface area (Å²) < 4.78 is 0. The van der Waals surface area contributed by atoms with Gasteiger partial charge in [0, 0.05) is 32.7 Å². The van der Waals surface area contributed by atoms with Crippen molar-refractivity contribution >= 4 is 0 Å². The molecule has 0 atom stereocenters. The molecular formula is C4H7ORfY-. The minimum Gasteiger partial charge on any atom is -0.549 e. The Bertz CT molecular complexity index is 49.7. The Morgan fingerprint density at radius 1 is 1.57 bits per heavy atom. The molecule has 0 saturated carbocycles. The average molecular weight is 427 g/mol. The molecule has 1 nitrogen and oxygen atoms in total. The second-order valence-corrected chi connectivity index (χ2v) is 0.835. The van der Waals surface area contributed by atoms with E-state index in [4.69, 9.17) is 5.11 Å². The molecule has 0 fully saturated rings. The summed E-state index contributed by atoms with van der Waals surface area (Å²) in [6, 6.07) is 0. The van der Waals surface area contributed by atoms with Crippen molar-refractivity contribution in [2.75, 3.05) is 0 Å². The molecule has 0 spiro atoms. The van der Waals surface area contributed by atoms with Crippen LogP contribution in [0.3, 0.4) is 0 Å². The molecule has 0 aliphatic rings. The fourth-order valence-electron chi connectivity index (χ4n) is 0. The summed E-state index contributed by atoms with van der Waals surface area (Å²) in [6.45, 7) is 3.25. The molecule has 0 bridgehead atoms. The smallest absolute Gasteiger partial charge is 0 e. The summed E-state index contributed by atoms with van der Waals surface area (Å²) in [6.07, 6.45) is 2.50. The van der Waals surface area contributed by atoms with Gasteiger partial charge in [-0.1, -0.05) is 5.76 Å². The van der Waals surface area contributed by atoms with E-state index in [1.54, 1.807) is 13.8 Å². The van der Waals surface area contributed by atoms with Gasteiger partial charge < -0.3 is 11.2 Å². The molecule has 0 aromatic heterocycles. The Balaban J connectivity index is -0.0000000800. The van der Waals surface area contributed by atoms with E-state index in [0.717, 1.165) is 0 Å². The van der Waals surface area contributed by atoms with E-state index in [-0.39, 0.29) is 38.5 Å². The maximum atomic E-state index is 8.17. The van der Waals surface area contributed by atoms with Gasteiger partial charge in [0.1, 0.15) is 0 Å². The van der Waals surface area contributed by atoms with Crippen LogP contribution in [0.5, 0.6) is 0 Å². The fourth-order valence-corrected chi connectivity index (χ4v) is 0. The summed E-state index contributed by atoms with van der Waals surface area (Å²) in [5.74, 6) is 0.255. The molecule has 7 heavy (non-hydrogen) atoms. The van der Waals surface area contributed by atoms with Gasteiger partial charge in [-0.05, 0) is 6.92 Å². The maximum absolute atomic E-state index is 8.17. The van der Waals surface area contributed by atoms with Crippen molar-refractivity contribution < 1.29 is 37.8 Å². The standard InChI is InChI=1S/C4H7O.Rf.Y/c1-3-4(2)5;;/h5H,1-2H3;;/q-1;;. The molecule has 0 aliphatic carbocycles. The zero-order valence-corrected chi connectivity index (χ0v) is 14.0. The predicted molar refractivity (Wildman–Crippen MR) is 20.7 cm³/mol. The van der Waals surface area contributed by atoms with E-state index < -0.39 is 0 Å². The first-order valence-corrected chi connectivity index (χ1v) is 1.47. The SMILES string of the molecule is C[C-]=C(C)O.[Rf].[Y]. The summed E-state index contributed by atoms with van der Waals surface area (Å²) in [4.78, 5) is 0. The molecule has 0 amide bonds. The van der Waals surface area contributed by atoms with Crippen LogP contribution in [0.15, 0.2) is 5.76 Å². The van der Waals surface area contributed by atoms with Gasteiger partial charge in [-0.3, -0.25) is 0 Å². The summed E-state index contributed by atoms with van der Waals surface area (Å²) in [5.41, 5.74) is 0. The van der Waals surface area contributed by atoms with Gasteiger partial charge in [-0.2, -0.15) is 6.92 Å². The van der Waals surface area contributed by atoms with Crippen molar-refractivity contribution in [3.63, 3.8) is 0 Å². The number of hydrogen-bond acceptors (Lipinski definition) is 1. The van der Waals surface area contributed by atoms with E-state index in [1.165, 1.54) is 0 Å². The van der Waals surface area contributed by atoms with Crippen LogP contribution in [-0.2, 0) is 32.7 Å². The maximum Gasteiger partial charge on any atom is 0 e. The van der Waals surface area contributed by atoms with Crippen LogP contribution in [0.25, 0.3) is 0 Å². The first-order valence-electron chi connectivity index (χ1n) is 1.47. The number of hydrogen-bond donors (Lipinski definition) is 1. The van der Waals surface area contributed by atoms with Crippen LogP contribution in [0, 0.1) is 6.08 Å². The molecule has 0 saturated heterocycles. The molecule has 0 unspecified atom stereocenters. The minimum absolute atomic E-state index is 0. The Morgan fingerprint density at radius 3 is 1.71 bits per heavy atom. The third kappa shape index (κ3) is 27.7. The number of allylic oxidation sites excluding steroid dienone is 2. The molecule has 1 N–H and O–H groups in total. The van der Waals surface area contributed by atoms with Gasteiger partial charge in [0.15, 0.2) is 0 Å². The van der Waals surface area contributed by atoms with Gasteiger partial charge >= 0.3 is 0 Å². The molecule has 0 rings (SSSR count). The van der Waals surface area contributed by atoms with Gasteiger partial charge in [0.2, 0.25) is 0 Å². The Kier molecular flexibility index (Phi) is 20.9. The van der Waals surface area contributed by atoms with Crippen LogP contribution < -0.4 is 0 Å². The monoisotopic (exact) mass is 427 g/mol. The third-order valence-corrected chi connectivity index (χ3v) is 0.362. The molecule has 1 radical (unpaired) electrons. The van der Waals surface area contributed by atoms with Crippen molar-refractivity contribution in [3.8, 4) is 0 Å². The second-order valence-electron chi connectivity index (χ2n) is 0.835. The zero-order valence-electron chi connectivity index (χ0n) is 4.73. The quantitative estimate of drug-likeness (QED) is 0.457. The van der Waals surface area contributed by atoms with Crippen LogP contribution in [-0.4, -0.2) is 5.11 Å². The molecule has 0 aromatic carbocycles. The van der Waals surface area contributed by atoms with Crippen molar-refractivity contribution in [2.24, 2.45) is 0 Å². The fraction of sp³-hybridized carbons (Fsp3) is 0.500. The first-order chi connectivity index (χ1) is 2.27. The van der Waals surface area contributed by atoms with Crippen molar-refractivity contribution in [2.45, 2.75) is 13.8 Å². The molecule has 35 valence electrons. The summed E-state index contributed by atoms with van der Waals surface area (Å²) >= 11 is 0. The zero-order chi connectivity index (χ0) is 4.28. The normalized spacial score (nSPS) is 8.57. The van der Waals surface area contributed by atoms with E-state index in [1.807, 2.05) is 0 Å². The van der Waals surface area contributed by atoms with Gasteiger partial charge in [-0.15, -0.1) is 0 Å². The second kappa shape index (κ2) is 9.17. The third-order valence-electron chi connectivity index (χ3n) is 0.362. The largest absolute Gasteiger partial charge is 0.549 e. The van der Waals surface area contributed by atoms with E-state index >= 15 is 0 Å². The number of rotatable bonds is 0. The van der Waals surface area contributed by atoms with Crippen LogP contribution in [0.1, 0.15) is 13.8 Å². The average Bonchev–Trinajstić information content (AvgIpc) is 1.38. The van der Waals surface area contributed by atoms with Gasteiger partial charge in [0.25, 0.3) is 0 Å². The minimum atomic E-state index is 0. The van der Waals surface area contributed by atoms with E-state index in [2.05, 4.69) is 6.08 Å². The van der Waals surface area contributed by atoms with Crippen molar-refractivity contribution in [3.05, 3.63) is 11.8 Å². The number of aliphatic hydroxyl groups excluding tert-OH is 1. The molecule has 0 heterocycles. The van der Waals surface area contributed by atoms with Crippen LogP contribution in [0.4, 0.5) is 0 Å². The summed E-state index contributed by atoms with van der Waals surface area (Å²) in [7, 11) is 0. The van der Waals surface area contributed by atoms with Crippen molar-refractivity contribution in [1.29, 1.82) is 0 Å². The molecular weight excluding hydrogens is 420 g/mol. The van der Waals surface area contributed by atoms with E-state index in [9.17, 15) is 0 Å². The molecule has 0 aliphatic heterocycles. The van der Waals surface area contributed by atoms with Crippen LogP contribution >= 0.6 is 0 Å².